The van der Waals surface area contributed by atoms with Crippen molar-refractivity contribution in [3.8, 4) is 5.69 Å². The first kappa shape index (κ1) is 16.5. The Kier molecular flexibility index (Phi) is 5.11. The molecule has 0 fully saturated rings. The van der Waals surface area contributed by atoms with E-state index in [2.05, 4.69) is 57.5 Å². The summed E-state index contributed by atoms with van der Waals surface area (Å²) in [5, 5.41) is 7.19. The molecule has 0 spiro atoms. The fraction of sp³-hybridized carbons (Fsp3) is 0.158. The number of rotatable bonds is 5. The Morgan fingerprint density at radius 3 is 2.54 bits per heavy atom. The Morgan fingerprint density at radius 1 is 1.12 bits per heavy atom. The molecule has 3 aromatic rings. The van der Waals surface area contributed by atoms with Gasteiger partial charge in [0.2, 0.25) is 0 Å². The number of hydrogen-bond acceptors (Lipinski definition) is 2. The number of aryl methyl sites for hydroxylation is 1. The average molecular weight is 384 g/mol. The molecule has 0 saturated heterocycles. The first-order valence-electron chi connectivity index (χ1n) is 7.76. The zero-order valence-corrected chi connectivity index (χ0v) is 15.0. The summed E-state index contributed by atoms with van der Waals surface area (Å²) < 4.78 is 2.70. The Bertz CT molecular complexity index is 823. The number of amides is 1. The maximum Gasteiger partial charge on any atom is 0.254 e. The van der Waals surface area contributed by atoms with Gasteiger partial charge in [0.1, 0.15) is 0 Å². The van der Waals surface area contributed by atoms with E-state index in [1.807, 2.05) is 24.3 Å². The van der Waals surface area contributed by atoms with E-state index in [4.69, 9.17) is 0 Å². The van der Waals surface area contributed by atoms with E-state index >= 15 is 0 Å². The van der Waals surface area contributed by atoms with Crippen LogP contribution < -0.4 is 5.32 Å². The monoisotopic (exact) mass is 383 g/mol. The van der Waals surface area contributed by atoms with Crippen molar-refractivity contribution >= 4 is 21.8 Å². The molecule has 4 nitrogen and oxygen atoms in total. The SMILES string of the molecule is Cc1ccc(CCNC(=O)c2cnn(-c3ccc(Br)cc3)c2)cc1. The van der Waals surface area contributed by atoms with Crippen molar-refractivity contribution in [2.45, 2.75) is 13.3 Å². The van der Waals surface area contributed by atoms with Crippen molar-refractivity contribution in [2.75, 3.05) is 6.54 Å². The van der Waals surface area contributed by atoms with Crippen molar-refractivity contribution in [1.82, 2.24) is 15.1 Å². The third-order valence-electron chi connectivity index (χ3n) is 3.76. The van der Waals surface area contributed by atoms with Crippen LogP contribution in [0.15, 0.2) is 65.4 Å². The number of carbonyl (C=O) groups is 1. The van der Waals surface area contributed by atoms with Gasteiger partial charge in [-0.15, -0.1) is 0 Å². The Hall–Kier alpha value is -2.40. The van der Waals surface area contributed by atoms with Gasteiger partial charge in [0.05, 0.1) is 17.4 Å². The number of nitrogens with zero attached hydrogens (tertiary/aromatic N) is 2. The summed E-state index contributed by atoms with van der Waals surface area (Å²) in [6.07, 6.45) is 4.14. The third kappa shape index (κ3) is 4.11. The number of hydrogen-bond donors (Lipinski definition) is 1. The largest absolute Gasteiger partial charge is 0.352 e. The van der Waals surface area contributed by atoms with Gasteiger partial charge in [-0.1, -0.05) is 45.8 Å². The lowest BCUT2D eigenvalue weighted by Gasteiger charge is -2.04. The number of nitrogens with one attached hydrogen (secondary N) is 1. The van der Waals surface area contributed by atoms with E-state index in [1.54, 1.807) is 17.1 Å². The summed E-state index contributed by atoms with van der Waals surface area (Å²) in [6.45, 7) is 2.67. The molecule has 0 saturated carbocycles. The van der Waals surface area contributed by atoms with Gasteiger partial charge in [0, 0.05) is 17.2 Å². The molecule has 1 aromatic heterocycles. The molecule has 0 bridgehead atoms. The highest BCUT2D eigenvalue weighted by molar-refractivity contribution is 9.10. The first-order valence-corrected chi connectivity index (χ1v) is 8.55. The molecule has 2 aromatic carbocycles. The molecule has 1 N–H and O–H groups in total. The molecule has 1 amide bonds. The zero-order chi connectivity index (χ0) is 16.9. The highest BCUT2D eigenvalue weighted by Gasteiger charge is 2.09. The van der Waals surface area contributed by atoms with E-state index < -0.39 is 0 Å². The molecule has 3 rings (SSSR count). The van der Waals surface area contributed by atoms with Crippen molar-refractivity contribution in [3.05, 3.63) is 82.1 Å². The van der Waals surface area contributed by atoms with Crippen molar-refractivity contribution < 1.29 is 4.79 Å². The van der Waals surface area contributed by atoms with Gasteiger partial charge < -0.3 is 5.32 Å². The predicted molar refractivity (Wildman–Crippen MR) is 98.5 cm³/mol. The number of benzene rings is 2. The van der Waals surface area contributed by atoms with E-state index in [9.17, 15) is 4.79 Å². The Labute approximate surface area is 149 Å². The smallest absolute Gasteiger partial charge is 0.254 e. The van der Waals surface area contributed by atoms with Crippen LogP contribution in [0.3, 0.4) is 0 Å². The van der Waals surface area contributed by atoms with E-state index in [1.165, 1.54) is 11.1 Å². The van der Waals surface area contributed by atoms with Crippen LogP contribution in [0.25, 0.3) is 5.69 Å². The van der Waals surface area contributed by atoms with Gasteiger partial charge in [0.15, 0.2) is 0 Å². The minimum atomic E-state index is -0.106. The van der Waals surface area contributed by atoms with Gasteiger partial charge >= 0.3 is 0 Å². The van der Waals surface area contributed by atoms with Crippen LogP contribution in [0, 0.1) is 6.92 Å². The minimum Gasteiger partial charge on any atom is -0.352 e. The molecule has 1 heterocycles. The maximum atomic E-state index is 12.2. The van der Waals surface area contributed by atoms with Crippen LogP contribution in [-0.2, 0) is 6.42 Å². The fourth-order valence-electron chi connectivity index (χ4n) is 2.35. The van der Waals surface area contributed by atoms with Crippen LogP contribution in [0.2, 0.25) is 0 Å². The van der Waals surface area contributed by atoms with Crippen LogP contribution in [0.5, 0.6) is 0 Å². The fourth-order valence-corrected chi connectivity index (χ4v) is 2.62. The molecule has 5 heteroatoms. The van der Waals surface area contributed by atoms with Crippen LogP contribution >= 0.6 is 15.9 Å². The second-order valence-corrected chi connectivity index (χ2v) is 6.56. The molecular formula is C19H18BrN3O. The van der Waals surface area contributed by atoms with Crippen LogP contribution in [0.1, 0.15) is 21.5 Å². The molecule has 0 unspecified atom stereocenters. The second kappa shape index (κ2) is 7.45. The standard InChI is InChI=1S/C19H18BrN3O/c1-14-2-4-15(5-3-14)10-11-21-19(24)16-12-22-23(13-16)18-8-6-17(20)7-9-18/h2-9,12-13H,10-11H2,1H3,(H,21,24). The topological polar surface area (TPSA) is 46.9 Å². The molecule has 0 radical (unpaired) electrons. The Balaban J connectivity index is 1.57. The summed E-state index contributed by atoms with van der Waals surface area (Å²) in [6, 6.07) is 16.1. The van der Waals surface area contributed by atoms with Gasteiger partial charge in [-0.25, -0.2) is 4.68 Å². The summed E-state index contributed by atoms with van der Waals surface area (Å²) in [7, 11) is 0. The normalized spacial score (nSPS) is 10.6. The second-order valence-electron chi connectivity index (χ2n) is 5.64. The molecule has 24 heavy (non-hydrogen) atoms. The van der Waals surface area contributed by atoms with Gasteiger partial charge in [-0.05, 0) is 43.2 Å². The van der Waals surface area contributed by atoms with Crippen molar-refractivity contribution in [3.63, 3.8) is 0 Å². The highest BCUT2D eigenvalue weighted by atomic mass is 79.9. The first-order chi connectivity index (χ1) is 11.6. The zero-order valence-electron chi connectivity index (χ0n) is 13.4. The van der Waals surface area contributed by atoms with E-state index in [-0.39, 0.29) is 5.91 Å². The third-order valence-corrected chi connectivity index (χ3v) is 4.28. The van der Waals surface area contributed by atoms with E-state index in [0.29, 0.717) is 12.1 Å². The predicted octanol–water partition coefficient (Wildman–Crippen LogP) is 3.92. The van der Waals surface area contributed by atoms with Crippen LogP contribution in [0.4, 0.5) is 0 Å². The number of halogens is 1. The molecule has 0 aliphatic carbocycles. The summed E-state index contributed by atoms with van der Waals surface area (Å²) in [4.78, 5) is 12.2. The quantitative estimate of drug-likeness (QED) is 0.725. The van der Waals surface area contributed by atoms with Crippen molar-refractivity contribution in [2.24, 2.45) is 0 Å². The minimum absolute atomic E-state index is 0.106. The lowest BCUT2D eigenvalue weighted by molar-refractivity contribution is 0.0954. The van der Waals surface area contributed by atoms with Gasteiger partial charge in [0.25, 0.3) is 5.91 Å². The molecule has 0 aliphatic rings. The van der Waals surface area contributed by atoms with Gasteiger partial charge in [-0.2, -0.15) is 5.10 Å². The Morgan fingerprint density at radius 2 is 1.83 bits per heavy atom. The highest BCUT2D eigenvalue weighted by Crippen LogP contribution is 2.14. The van der Waals surface area contributed by atoms with E-state index in [0.717, 1.165) is 16.6 Å². The molecule has 0 atom stereocenters. The van der Waals surface area contributed by atoms with Crippen LogP contribution in [-0.4, -0.2) is 22.2 Å². The lowest BCUT2D eigenvalue weighted by Crippen LogP contribution is -2.25. The summed E-state index contributed by atoms with van der Waals surface area (Å²) in [5.41, 5.74) is 3.92. The summed E-state index contributed by atoms with van der Waals surface area (Å²) in [5.74, 6) is -0.106. The lowest BCUT2D eigenvalue weighted by atomic mass is 10.1. The maximum absolute atomic E-state index is 12.2. The average Bonchev–Trinajstić information content (AvgIpc) is 3.07. The molecule has 122 valence electrons. The molecule has 0 aliphatic heterocycles. The number of aromatic nitrogens is 2. The summed E-state index contributed by atoms with van der Waals surface area (Å²) >= 11 is 3.40. The number of carbonyl (C=O) groups excluding carboxylic acids is 1. The van der Waals surface area contributed by atoms with Gasteiger partial charge in [-0.3, -0.25) is 4.79 Å². The van der Waals surface area contributed by atoms with Crippen molar-refractivity contribution in [1.29, 1.82) is 0 Å². The molecular weight excluding hydrogens is 366 g/mol.